The van der Waals surface area contributed by atoms with Gasteiger partial charge in [0.1, 0.15) is 0 Å². The summed E-state index contributed by atoms with van der Waals surface area (Å²) in [7, 11) is 0. The zero-order valence-electron chi connectivity index (χ0n) is 9.15. The first kappa shape index (κ1) is 11.0. The molecule has 0 spiro atoms. The molecule has 0 bridgehead atoms. The Morgan fingerprint density at radius 1 is 0.750 bits per heavy atom. The summed E-state index contributed by atoms with van der Waals surface area (Å²) in [4.78, 5) is 0. The highest BCUT2D eigenvalue weighted by Crippen LogP contribution is 2.28. The van der Waals surface area contributed by atoms with Crippen LogP contribution in [0.3, 0.4) is 0 Å². The maximum Gasteiger partial charge on any atom is 0.0234 e. The molecule has 2 aromatic carbocycles. The molecule has 0 aromatic heterocycles. The second kappa shape index (κ2) is 5.00. The molecule has 0 saturated heterocycles. The van der Waals surface area contributed by atoms with Crippen molar-refractivity contribution in [2.75, 3.05) is 0 Å². The molecule has 1 heteroatoms. The summed E-state index contributed by atoms with van der Waals surface area (Å²) in [6.07, 6.45) is 0. The predicted octanol–water partition coefficient (Wildman–Crippen LogP) is 4.70. The summed E-state index contributed by atoms with van der Waals surface area (Å²) in [6.45, 7) is 1.93. The zero-order chi connectivity index (χ0) is 11.4. The first-order chi connectivity index (χ1) is 7.79. The predicted molar refractivity (Wildman–Crippen MR) is 70.4 cm³/mol. The Morgan fingerprint density at radius 2 is 1.12 bits per heavy atom. The van der Waals surface area contributed by atoms with Crippen LogP contribution in [-0.2, 0) is 0 Å². The molecule has 0 N–H and O–H groups in total. The van der Waals surface area contributed by atoms with Crippen molar-refractivity contribution >= 4 is 17.2 Å². The van der Waals surface area contributed by atoms with Crippen LogP contribution >= 0.6 is 11.6 Å². The van der Waals surface area contributed by atoms with Crippen LogP contribution in [0.1, 0.15) is 18.1 Å². The van der Waals surface area contributed by atoms with Crippen molar-refractivity contribution in [3.8, 4) is 0 Å². The van der Waals surface area contributed by atoms with Gasteiger partial charge in [0, 0.05) is 10.6 Å². The van der Waals surface area contributed by atoms with Crippen LogP contribution in [0, 0.1) is 0 Å². The molecule has 0 aliphatic rings. The lowest BCUT2D eigenvalue weighted by Gasteiger charge is -2.09. The number of allylic oxidation sites excluding steroid dienone is 1. The van der Waals surface area contributed by atoms with Crippen LogP contribution in [0.15, 0.2) is 65.7 Å². The Kier molecular flexibility index (Phi) is 3.43. The van der Waals surface area contributed by atoms with Crippen molar-refractivity contribution in [3.05, 3.63) is 76.8 Å². The van der Waals surface area contributed by atoms with Gasteiger partial charge in [-0.15, -0.1) is 0 Å². The zero-order valence-corrected chi connectivity index (χ0v) is 9.91. The molecule has 0 atom stereocenters. The minimum atomic E-state index is 0.817. The van der Waals surface area contributed by atoms with Gasteiger partial charge < -0.3 is 0 Å². The van der Waals surface area contributed by atoms with E-state index in [2.05, 4.69) is 24.3 Å². The highest BCUT2D eigenvalue weighted by atomic mass is 35.5. The molecule has 16 heavy (non-hydrogen) atoms. The third-order valence-corrected chi connectivity index (χ3v) is 2.66. The molecule has 80 valence electrons. The highest BCUT2D eigenvalue weighted by molar-refractivity contribution is 6.33. The largest absolute Gasteiger partial charge is 0.0888 e. The second-order valence-electron chi connectivity index (χ2n) is 3.64. The second-order valence-corrected chi connectivity index (χ2v) is 4.21. The van der Waals surface area contributed by atoms with E-state index < -0.39 is 0 Å². The Balaban J connectivity index is 2.54. The van der Waals surface area contributed by atoms with E-state index >= 15 is 0 Å². The summed E-state index contributed by atoms with van der Waals surface area (Å²) in [5.74, 6) is 0. The molecule has 0 fully saturated rings. The Labute approximate surface area is 101 Å². The molecule has 0 amide bonds. The number of rotatable bonds is 2. The van der Waals surface area contributed by atoms with Gasteiger partial charge in [-0.25, -0.2) is 0 Å². The quantitative estimate of drug-likeness (QED) is 0.699. The van der Waals surface area contributed by atoms with Crippen molar-refractivity contribution in [2.45, 2.75) is 6.92 Å². The number of hydrogen-bond donors (Lipinski definition) is 0. The Morgan fingerprint density at radius 3 is 1.44 bits per heavy atom. The van der Waals surface area contributed by atoms with E-state index in [9.17, 15) is 0 Å². The molecule has 0 heterocycles. The molecule has 0 unspecified atom stereocenters. The summed E-state index contributed by atoms with van der Waals surface area (Å²) in [6, 6.07) is 20.4. The molecular formula is C15H13Cl. The lowest BCUT2D eigenvalue weighted by Crippen LogP contribution is -1.88. The number of benzene rings is 2. The summed E-state index contributed by atoms with van der Waals surface area (Å²) < 4.78 is 0. The van der Waals surface area contributed by atoms with E-state index in [1.54, 1.807) is 0 Å². The van der Waals surface area contributed by atoms with Crippen molar-refractivity contribution in [3.63, 3.8) is 0 Å². The van der Waals surface area contributed by atoms with Crippen molar-refractivity contribution in [2.24, 2.45) is 0 Å². The van der Waals surface area contributed by atoms with Crippen LogP contribution in [0.5, 0.6) is 0 Å². The first-order valence-corrected chi connectivity index (χ1v) is 5.64. The topological polar surface area (TPSA) is 0 Å². The standard InChI is InChI=1S/C15H13Cl/c1-12(16)15(13-8-4-2-5-9-13)14-10-6-3-7-11-14/h2-11H,1H3. The third-order valence-electron chi connectivity index (χ3n) is 2.47. The molecule has 0 aliphatic carbocycles. The van der Waals surface area contributed by atoms with Crippen LogP contribution in [0.4, 0.5) is 0 Å². The maximum atomic E-state index is 6.19. The molecule has 0 aliphatic heterocycles. The number of hydrogen-bond acceptors (Lipinski definition) is 0. The SMILES string of the molecule is CC(Cl)=C(c1ccccc1)c1ccccc1. The van der Waals surface area contributed by atoms with Gasteiger partial charge in [-0.2, -0.15) is 0 Å². The third kappa shape index (κ3) is 2.34. The fourth-order valence-electron chi connectivity index (χ4n) is 1.77. The van der Waals surface area contributed by atoms with Crippen molar-refractivity contribution in [1.82, 2.24) is 0 Å². The minimum absolute atomic E-state index is 0.817. The van der Waals surface area contributed by atoms with Crippen LogP contribution < -0.4 is 0 Å². The van der Waals surface area contributed by atoms with Gasteiger partial charge in [0.15, 0.2) is 0 Å². The molecule has 0 saturated carbocycles. The van der Waals surface area contributed by atoms with Gasteiger partial charge in [-0.3, -0.25) is 0 Å². The Bertz CT molecular complexity index is 438. The summed E-state index contributed by atoms with van der Waals surface area (Å²) in [5.41, 5.74) is 3.41. The van der Waals surface area contributed by atoms with Crippen molar-refractivity contribution < 1.29 is 0 Å². The minimum Gasteiger partial charge on any atom is -0.0888 e. The number of halogens is 1. The van der Waals surface area contributed by atoms with Crippen LogP contribution in [0.25, 0.3) is 5.57 Å². The highest BCUT2D eigenvalue weighted by Gasteiger charge is 2.06. The van der Waals surface area contributed by atoms with Crippen LogP contribution in [0.2, 0.25) is 0 Å². The normalized spacial score (nSPS) is 9.88. The monoisotopic (exact) mass is 228 g/mol. The average molecular weight is 229 g/mol. The average Bonchev–Trinajstić information content (AvgIpc) is 2.31. The van der Waals surface area contributed by atoms with Gasteiger partial charge in [0.05, 0.1) is 0 Å². The lowest BCUT2D eigenvalue weighted by atomic mass is 9.98. The molecule has 0 nitrogen and oxygen atoms in total. The molecular weight excluding hydrogens is 216 g/mol. The summed E-state index contributed by atoms with van der Waals surface area (Å²) >= 11 is 6.19. The van der Waals surface area contributed by atoms with Gasteiger partial charge in [-0.05, 0) is 18.1 Å². The van der Waals surface area contributed by atoms with E-state index in [-0.39, 0.29) is 0 Å². The smallest absolute Gasteiger partial charge is 0.0234 e. The molecule has 2 rings (SSSR count). The first-order valence-electron chi connectivity index (χ1n) is 5.26. The van der Waals surface area contributed by atoms with Gasteiger partial charge >= 0.3 is 0 Å². The van der Waals surface area contributed by atoms with E-state index in [1.807, 2.05) is 43.3 Å². The maximum absolute atomic E-state index is 6.19. The van der Waals surface area contributed by atoms with Gasteiger partial charge in [0.25, 0.3) is 0 Å². The van der Waals surface area contributed by atoms with E-state index in [0.717, 1.165) is 21.7 Å². The van der Waals surface area contributed by atoms with Gasteiger partial charge in [-0.1, -0.05) is 72.3 Å². The van der Waals surface area contributed by atoms with Crippen molar-refractivity contribution in [1.29, 1.82) is 0 Å². The fraction of sp³-hybridized carbons (Fsp3) is 0.0667. The molecule has 2 aromatic rings. The molecule has 0 radical (unpaired) electrons. The van der Waals surface area contributed by atoms with Crippen LogP contribution in [-0.4, -0.2) is 0 Å². The van der Waals surface area contributed by atoms with E-state index in [1.165, 1.54) is 0 Å². The lowest BCUT2D eigenvalue weighted by molar-refractivity contribution is 1.51. The fourth-order valence-corrected chi connectivity index (χ4v) is 1.99. The summed E-state index contributed by atoms with van der Waals surface area (Å²) in [5, 5.41) is 0.817. The Hall–Kier alpha value is -1.53. The van der Waals surface area contributed by atoms with Gasteiger partial charge in [0.2, 0.25) is 0 Å². The van der Waals surface area contributed by atoms with E-state index in [0.29, 0.717) is 0 Å². The van der Waals surface area contributed by atoms with E-state index in [4.69, 9.17) is 11.6 Å².